The van der Waals surface area contributed by atoms with Crippen LogP contribution >= 0.6 is 0 Å². The predicted molar refractivity (Wildman–Crippen MR) is 111 cm³/mol. The van der Waals surface area contributed by atoms with Gasteiger partial charge >= 0.3 is 0 Å². The number of sulfonamides is 1. The van der Waals surface area contributed by atoms with E-state index in [1.54, 1.807) is 19.2 Å². The molecule has 0 radical (unpaired) electrons. The fourth-order valence-electron chi connectivity index (χ4n) is 3.22. The van der Waals surface area contributed by atoms with Gasteiger partial charge in [-0.05, 0) is 23.3 Å². The largest absolute Gasteiger partial charge is 0.379 e. The molecule has 1 aliphatic heterocycles. The average Bonchev–Trinajstić information content (AvgIpc) is 2.73. The third-order valence-electron chi connectivity index (χ3n) is 4.89. The molecule has 28 heavy (non-hydrogen) atoms. The van der Waals surface area contributed by atoms with Crippen molar-refractivity contribution >= 4 is 10.0 Å². The first kappa shape index (κ1) is 21.0. The molecule has 7 heteroatoms. The van der Waals surface area contributed by atoms with Crippen LogP contribution in [0.4, 0.5) is 0 Å². The van der Waals surface area contributed by atoms with Gasteiger partial charge in [-0.25, -0.2) is 8.42 Å². The Morgan fingerprint density at radius 2 is 1.75 bits per heavy atom. The molecule has 6 nitrogen and oxygen atoms in total. The van der Waals surface area contributed by atoms with Gasteiger partial charge in [0.15, 0.2) is 0 Å². The van der Waals surface area contributed by atoms with Gasteiger partial charge in [0.25, 0.3) is 0 Å². The molecule has 3 rings (SSSR count). The second-order valence-electron chi connectivity index (χ2n) is 7.02. The zero-order valence-corrected chi connectivity index (χ0v) is 17.2. The van der Waals surface area contributed by atoms with Gasteiger partial charge < -0.3 is 10.1 Å². The van der Waals surface area contributed by atoms with E-state index in [2.05, 4.69) is 10.2 Å². The summed E-state index contributed by atoms with van der Waals surface area (Å²) in [6.07, 6.45) is 0. The van der Waals surface area contributed by atoms with Crippen LogP contribution in [0, 0.1) is 0 Å². The van der Waals surface area contributed by atoms with E-state index in [9.17, 15) is 8.42 Å². The third-order valence-corrected chi connectivity index (χ3v) is 6.69. The van der Waals surface area contributed by atoms with E-state index in [-0.39, 0.29) is 0 Å². The summed E-state index contributed by atoms with van der Waals surface area (Å²) < 4.78 is 32.6. The number of rotatable bonds is 9. The van der Waals surface area contributed by atoms with Gasteiger partial charge in [-0.15, -0.1) is 0 Å². The highest BCUT2D eigenvalue weighted by atomic mass is 32.2. The van der Waals surface area contributed by atoms with Crippen LogP contribution in [0.2, 0.25) is 0 Å². The standard InChI is InChI=1S/C21H29N3O3S/c1-23(18-19-6-3-2-4-7-19)28(25,26)21-9-5-8-20(16-21)17-22-10-11-24-12-14-27-15-13-24/h2-9,16,22H,10-15,17-18H2,1H3. The van der Waals surface area contributed by atoms with Crippen LogP contribution in [0.5, 0.6) is 0 Å². The number of nitrogens with one attached hydrogen (secondary N) is 1. The molecular formula is C21H29N3O3S. The van der Waals surface area contributed by atoms with Crippen molar-refractivity contribution in [3.63, 3.8) is 0 Å². The SMILES string of the molecule is CN(Cc1ccccc1)S(=O)(=O)c1cccc(CNCCN2CCOCC2)c1. The van der Waals surface area contributed by atoms with Gasteiger partial charge in [0.1, 0.15) is 0 Å². The lowest BCUT2D eigenvalue weighted by Gasteiger charge is -2.26. The Morgan fingerprint density at radius 3 is 2.50 bits per heavy atom. The maximum atomic E-state index is 12.9. The number of morpholine rings is 1. The van der Waals surface area contributed by atoms with Gasteiger partial charge in [-0.2, -0.15) is 4.31 Å². The van der Waals surface area contributed by atoms with E-state index in [0.717, 1.165) is 50.5 Å². The van der Waals surface area contributed by atoms with Crippen LogP contribution in [0.3, 0.4) is 0 Å². The van der Waals surface area contributed by atoms with E-state index in [4.69, 9.17) is 4.74 Å². The van der Waals surface area contributed by atoms with Crippen molar-refractivity contribution in [2.45, 2.75) is 18.0 Å². The van der Waals surface area contributed by atoms with Crippen molar-refractivity contribution in [3.05, 3.63) is 65.7 Å². The average molecular weight is 404 g/mol. The van der Waals surface area contributed by atoms with E-state index in [0.29, 0.717) is 18.0 Å². The van der Waals surface area contributed by atoms with Crippen molar-refractivity contribution in [1.29, 1.82) is 0 Å². The Labute approximate surface area is 168 Å². The molecule has 1 fully saturated rings. The van der Waals surface area contributed by atoms with Crippen LogP contribution < -0.4 is 5.32 Å². The highest BCUT2D eigenvalue weighted by molar-refractivity contribution is 7.89. The smallest absolute Gasteiger partial charge is 0.243 e. The molecule has 2 aromatic rings. The van der Waals surface area contributed by atoms with Gasteiger partial charge in [-0.1, -0.05) is 42.5 Å². The maximum Gasteiger partial charge on any atom is 0.243 e. The Bertz CT molecular complexity index is 837. The van der Waals surface area contributed by atoms with Crippen LogP contribution in [0.25, 0.3) is 0 Å². The number of benzene rings is 2. The highest BCUT2D eigenvalue weighted by Crippen LogP contribution is 2.18. The molecule has 0 atom stereocenters. The topological polar surface area (TPSA) is 61.9 Å². The molecular weight excluding hydrogens is 374 g/mol. The van der Waals surface area contributed by atoms with Crippen LogP contribution in [-0.2, 0) is 27.8 Å². The monoisotopic (exact) mass is 403 g/mol. The fourth-order valence-corrected chi connectivity index (χ4v) is 4.45. The lowest BCUT2D eigenvalue weighted by molar-refractivity contribution is 0.0384. The summed E-state index contributed by atoms with van der Waals surface area (Å²) in [4.78, 5) is 2.70. The molecule has 0 aliphatic carbocycles. The maximum absolute atomic E-state index is 12.9. The van der Waals surface area contributed by atoms with Gasteiger partial charge in [0.2, 0.25) is 10.0 Å². The van der Waals surface area contributed by atoms with E-state index < -0.39 is 10.0 Å². The molecule has 0 saturated carbocycles. The third kappa shape index (κ3) is 5.86. The normalized spacial score (nSPS) is 15.8. The minimum Gasteiger partial charge on any atom is -0.379 e. The summed E-state index contributed by atoms with van der Waals surface area (Å²) in [5, 5.41) is 3.41. The molecule has 152 valence electrons. The minimum absolute atomic E-state index is 0.332. The molecule has 0 spiro atoms. The molecule has 0 bridgehead atoms. The molecule has 1 N–H and O–H groups in total. The van der Waals surface area contributed by atoms with E-state index >= 15 is 0 Å². The van der Waals surface area contributed by atoms with Gasteiger partial charge in [0, 0.05) is 46.3 Å². The Hall–Kier alpha value is -1.77. The number of ether oxygens (including phenoxy) is 1. The van der Waals surface area contributed by atoms with E-state index in [1.807, 2.05) is 42.5 Å². The van der Waals surface area contributed by atoms with Crippen molar-refractivity contribution in [2.75, 3.05) is 46.4 Å². The molecule has 1 heterocycles. The van der Waals surface area contributed by atoms with Crippen LogP contribution in [0.15, 0.2) is 59.5 Å². The van der Waals surface area contributed by atoms with Crippen LogP contribution in [-0.4, -0.2) is 64.1 Å². The number of hydrogen-bond acceptors (Lipinski definition) is 5. The van der Waals surface area contributed by atoms with Crippen LogP contribution in [0.1, 0.15) is 11.1 Å². The zero-order chi connectivity index (χ0) is 19.8. The first-order valence-corrected chi connectivity index (χ1v) is 11.1. The summed E-state index contributed by atoms with van der Waals surface area (Å²) in [7, 11) is -1.90. The zero-order valence-electron chi connectivity index (χ0n) is 16.4. The highest BCUT2D eigenvalue weighted by Gasteiger charge is 2.21. The first-order valence-electron chi connectivity index (χ1n) is 9.66. The van der Waals surface area contributed by atoms with Gasteiger partial charge in [-0.3, -0.25) is 4.90 Å². The summed E-state index contributed by atoms with van der Waals surface area (Å²) in [5.74, 6) is 0. The minimum atomic E-state index is -3.52. The second kappa shape index (κ2) is 10.1. The lowest BCUT2D eigenvalue weighted by atomic mass is 10.2. The lowest BCUT2D eigenvalue weighted by Crippen LogP contribution is -2.40. The molecule has 2 aromatic carbocycles. The van der Waals surface area contributed by atoms with Crippen molar-refractivity contribution < 1.29 is 13.2 Å². The molecule has 0 aromatic heterocycles. The van der Waals surface area contributed by atoms with Crippen molar-refractivity contribution in [3.8, 4) is 0 Å². The molecule has 0 amide bonds. The predicted octanol–water partition coefficient (Wildman–Crippen LogP) is 1.93. The summed E-state index contributed by atoms with van der Waals surface area (Å²) >= 11 is 0. The van der Waals surface area contributed by atoms with E-state index in [1.165, 1.54) is 4.31 Å². The van der Waals surface area contributed by atoms with Crippen molar-refractivity contribution in [1.82, 2.24) is 14.5 Å². The fraction of sp³-hybridized carbons (Fsp3) is 0.429. The molecule has 0 unspecified atom stereocenters. The number of hydrogen-bond donors (Lipinski definition) is 1. The quantitative estimate of drug-likeness (QED) is 0.649. The Kier molecular flexibility index (Phi) is 7.58. The summed E-state index contributed by atoms with van der Waals surface area (Å²) in [6, 6.07) is 16.8. The first-order chi connectivity index (χ1) is 13.6. The molecule has 1 aliphatic rings. The summed E-state index contributed by atoms with van der Waals surface area (Å²) in [6.45, 7) is 6.40. The van der Waals surface area contributed by atoms with Gasteiger partial charge in [0.05, 0.1) is 18.1 Å². The Morgan fingerprint density at radius 1 is 1.04 bits per heavy atom. The second-order valence-corrected chi connectivity index (χ2v) is 9.07. The molecule has 1 saturated heterocycles. The number of nitrogens with zero attached hydrogens (tertiary/aromatic N) is 2. The Balaban J connectivity index is 1.55. The van der Waals surface area contributed by atoms with Crippen molar-refractivity contribution in [2.24, 2.45) is 0 Å². The summed E-state index contributed by atoms with van der Waals surface area (Å²) in [5.41, 5.74) is 1.94.